The van der Waals surface area contributed by atoms with Crippen molar-refractivity contribution in [2.24, 2.45) is 35.5 Å². The zero-order valence-electron chi connectivity index (χ0n) is 28.2. The third-order valence-electron chi connectivity index (χ3n) is 12.4. The second-order valence-electron chi connectivity index (χ2n) is 15.3. The van der Waals surface area contributed by atoms with Gasteiger partial charge < -0.3 is 18.9 Å². The Hall–Kier alpha value is -2.38. The molecule has 256 valence electrons. The van der Waals surface area contributed by atoms with Gasteiger partial charge in [-0.15, -0.1) is 0 Å². The predicted octanol–water partition coefficient (Wildman–Crippen LogP) is 7.55. The number of hydrogen-bond acceptors (Lipinski definition) is 8. The minimum absolute atomic E-state index is 0.193. The molecule has 0 aromatic rings. The molecule has 7 rings (SSSR count). The van der Waals surface area contributed by atoms with Crippen molar-refractivity contribution in [3.05, 3.63) is 11.1 Å². The minimum Gasteiger partial charge on any atom is -0.462 e. The molecule has 7 aliphatic rings. The normalized spacial score (nSPS) is 33.3. The molecule has 5 fully saturated rings. The molecule has 5 saturated carbocycles. The Morgan fingerprint density at radius 2 is 0.565 bits per heavy atom. The summed E-state index contributed by atoms with van der Waals surface area (Å²) in [4.78, 5) is 57.4. The summed E-state index contributed by atoms with van der Waals surface area (Å²) in [7, 11) is 0. The van der Waals surface area contributed by atoms with Crippen LogP contribution < -0.4 is 0 Å². The van der Waals surface area contributed by atoms with Crippen molar-refractivity contribution >= 4 is 23.9 Å². The smallest absolute Gasteiger partial charge is 0.310 e. The summed E-state index contributed by atoms with van der Waals surface area (Å²) in [6, 6.07) is 0. The van der Waals surface area contributed by atoms with E-state index < -0.39 is 59.4 Å². The van der Waals surface area contributed by atoms with Gasteiger partial charge in [0, 0.05) is 11.8 Å². The van der Waals surface area contributed by atoms with Crippen molar-refractivity contribution in [3.63, 3.8) is 0 Å². The maximum absolute atomic E-state index is 14.3. The Kier molecular flexibility index (Phi) is 11.1. The fraction of sp³-hybridized carbons (Fsp3) is 0.842. The van der Waals surface area contributed by atoms with E-state index in [0.29, 0.717) is 0 Å². The minimum atomic E-state index is -0.908. The molecule has 0 amide bonds. The fourth-order valence-electron chi connectivity index (χ4n) is 9.82. The molecule has 0 radical (unpaired) electrons. The van der Waals surface area contributed by atoms with Crippen LogP contribution in [-0.2, 0) is 38.1 Å². The van der Waals surface area contributed by atoms with E-state index in [1.54, 1.807) is 0 Å². The molecule has 0 N–H and O–H groups in total. The second-order valence-corrected chi connectivity index (χ2v) is 15.3. The predicted molar refractivity (Wildman–Crippen MR) is 171 cm³/mol. The van der Waals surface area contributed by atoms with Crippen molar-refractivity contribution in [1.29, 1.82) is 0 Å². The number of allylic oxidation sites excluding steroid dienone is 2. The summed E-state index contributed by atoms with van der Waals surface area (Å²) >= 11 is 0. The Morgan fingerprint density at radius 1 is 0.370 bits per heavy atom. The number of fused-ring (bicyclic) bond motifs is 2. The number of hydrogen-bond donors (Lipinski definition) is 0. The van der Waals surface area contributed by atoms with Gasteiger partial charge >= 0.3 is 23.9 Å². The molecule has 0 aliphatic heterocycles. The summed E-state index contributed by atoms with van der Waals surface area (Å²) < 4.78 is 24.8. The van der Waals surface area contributed by atoms with Gasteiger partial charge in [0.05, 0.1) is 23.7 Å². The highest BCUT2D eigenvalue weighted by Gasteiger charge is 2.66. The van der Waals surface area contributed by atoms with Gasteiger partial charge in [-0.1, -0.05) is 36.8 Å². The lowest BCUT2D eigenvalue weighted by atomic mass is 9.48. The molecular weight excluding hydrogens is 584 g/mol. The van der Waals surface area contributed by atoms with Crippen LogP contribution in [0.3, 0.4) is 0 Å². The zero-order chi connectivity index (χ0) is 32.2. The lowest BCUT2D eigenvalue weighted by Crippen LogP contribution is -2.61. The Bertz CT molecular complexity index is 971. The number of esters is 4. The van der Waals surface area contributed by atoms with E-state index in [-0.39, 0.29) is 24.4 Å². The summed E-state index contributed by atoms with van der Waals surface area (Å²) in [5.74, 6) is -6.76. The molecule has 0 heterocycles. The number of rotatable bonds is 8. The van der Waals surface area contributed by atoms with Crippen LogP contribution in [0.1, 0.15) is 142 Å². The van der Waals surface area contributed by atoms with Crippen LogP contribution in [0.2, 0.25) is 0 Å². The van der Waals surface area contributed by atoms with E-state index in [2.05, 4.69) is 0 Å². The van der Waals surface area contributed by atoms with Gasteiger partial charge in [0.2, 0.25) is 0 Å². The molecule has 0 aromatic heterocycles. The molecule has 7 aliphatic carbocycles. The number of ether oxygens (including phenoxy) is 4. The third-order valence-corrected chi connectivity index (χ3v) is 12.4. The maximum atomic E-state index is 14.3. The first-order chi connectivity index (χ1) is 22.3. The van der Waals surface area contributed by atoms with Crippen molar-refractivity contribution < 1.29 is 38.1 Å². The average molecular weight is 641 g/mol. The number of carbonyl (C=O) groups is 4. The van der Waals surface area contributed by atoms with Gasteiger partial charge in [-0.25, -0.2) is 0 Å². The van der Waals surface area contributed by atoms with Gasteiger partial charge in [0.15, 0.2) is 0 Å². The summed E-state index contributed by atoms with van der Waals surface area (Å²) in [5.41, 5.74) is 1.79. The first-order valence-electron chi connectivity index (χ1n) is 18.8. The second kappa shape index (κ2) is 15.2. The highest BCUT2D eigenvalue weighted by Crippen LogP contribution is 2.59. The van der Waals surface area contributed by atoms with Gasteiger partial charge in [-0.3, -0.25) is 19.2 Å². The van der Waals surface area contributed by atoms with Gasteiger partial charge in [-0.2, -0.15) is 0 Å². The summed E-state index contributed by atoms with van der Waals surface area (Å²) in [6.07, 6.45) is 18.2. The maximum Gasteiger partial charge on any atom is 0.310 e. The SMILES string of the molecule is CC1=C(C)C2C(C(=O)OC3CCCCC3)C(C(=O)OC3CCCCC3)C1C(C(=O)OC1CCCCC1)C2C(=O)OC1CCCCC1. The third kappa shape index (κ3) is 7.21. The molecular formula is C38H56O8. The van der Waals surface area contributed by atoms with Gasteiger partial charge in [0.25, 0.3) is 0 Å². The molecule has 2 bridgehead atoms. The molecule has 0 spiro atoms. The molecule has 46 heavy (non-hydrogen) atoms. The molecule has 4 atom stereocenters. The van der Waals surface area contributed by atoms with E-state index in [0.717, 1.165) is 140 Å². The summed E-state index contributed by atoms with van der Waals surface area (Å²) in [5, 5.41) is 0. The molecule has 4 unspecified atom stereocenters. The van der Waals surface area contributed by atoms with Crippen LogP contribution >= 0.6 is 0 Å². The fourth-order valence-corrected chi connectivity index (χ4v) is 9.82. The van der Waals surface area contributed by atoms with Crippen LogP contribution in [0.4, 0.5) is 0 Å². The monoisotopic (exact) mass is 640 g/mol. The summed E-state index contributed by atoms with van der Waals surface area (Å²) in [6.45, 7) is 3.92. The zero-order valence-corrected chi connectivity index (χ0v) is 28.2. The molecule has 8 nitrogen and oxygen atoms in total. The molecule has 8 heteroatoms. The quantitative estimate of drug-likeness (QED) is 0.152. The van der Waals surface area contributed by atoms with E-state index in [1.165, 1.54) is 0 Å². The van der Waals surface area contributed by atoms with Crippen molar-refractivity contribution in [1.82, 2.24) is 0 Å². The standard InChI is InChI=1S/C38H56O8/c1-23-24(2)30-33(37(41)45-27-19-11-5-12-20-27)31(35(39)43-25-15-7-3-8-16-25)29(23)32(36(40)44-26-17-9-4-10-18-26)34(30)38(42)46-28-21-13-6-14-22-28/h25-34H,3-22H2,1-2H3. The van der Waals surface area contributed by atoms with Crippen molar-refractivity contribution in [2.45, 2.75) is 167 Å². The largest absolute Gasteiger partial charge is 0.462 e. The van der Waals surface area contributed by atoms with E-state index in [9.17, 15) is 19.2 Å². The highest BCUT2D eigenvalue weighted by molar-refractivity contribution is 5.91. The molecule has 0 saturated heterocycles. The van der Waals surface area contributed by atoms with Crippen LogP contribution in [0.25, 0.3) is 0 Å². The van der Waals surface area contributed by atoms with Gasteiger partial charge in [0.1, 0.15) is 24.4 Å². The van der Waals surface area contributed by atoms with E-state index >= 15 is 0 Å². The lowest BCUT2D eigenvalue weighted by molar-refractivity contribution is -0.195. The van der Waals surface area contributed by atoms with Crippen LogP contribution in [-0.4, -0.2) is 48.3 Å². The first-order valence-corrected chi connectivity index (χ1v) is 18.8. The van der Waals surface area contributed by atoms with Crippen LogP contribution in [0.15, 0.2) is 11.1 Å². The van der Waals surface area contributed by atoms with Crippen LogP contribution in [0, 0.1) is 35.5 Å². The van der Waals surface area contributed by atoms with E-state index in [1.807, 2.05) is 13.8 Å². The van der Waals surface area contributed by atoms with Crippen LogP contribution in [0.5, 0.6) is 0 Å². The topological polar surface area (TPSA) is 105 Å². The Balaban J connectivity index is 1.37. The van der Waals surface area contributed by atoms with Crippen molar-refractivity contribution in [3.8, 4) is 0 Å². The first kappa shape index (κ1) is 33.5. The number of carbonyl (C=O) groups excluding carboxylic acids is 4. The average Bonchev–Trinajstić information content (AvgIpc) is 3.07. The Labute approximate surface area is 275 Å². The lowest BCUT2D eigenvalue weighted by Gasteiger charge is -2.54. The Morgan fingerprint density at radius 3 is 0.761 bits per heavy atom. The van der Waals surface area contributed by atoms with Gasteiger partial charge in [-0.05, 0) is 117 Å². The van der Waals surface area contributed by atoms with E-state index in [4.69, 9.17) is 18.9 Å². The highest BCUT2D eigenvalue weighted by atomic mass is 16.6. The van der Waals surface area contributed by atoms with Crippen molar-refractivity contribution in [2.75, 3.05) is 0 Å². The molecule has 0 aromatic carbocycles.